The summed E-state index contributed by atoms with van der Waals surface area (Å²) in [5.74, 6) is 7.56. The van der Waals surface area contributed by atoms with E-state index in [9.17, 15) is 0 Å². The first-order chi connectivity index (χ1) is 8.38. The van der Waals surface area contributed by atoms with Crippen molar-refractivity contribution in [3.8, 4) is 17.6 Å². The number of alkyl halides is 1. The Kier molecular flexibility index (Phi) is 4.73. The fraction of sp³-hybridized carbons (Fsp3) is 0.429. The summed E-state index contributed by atoms with van der Waals surface area (Å²) in [6.45, 7) is 2.41. The standard InChI is InChI=1S/C14H15ClO2/c15-8-1-2-12-3-5-14(6-4-12)17-11-13-7-9-16-10-13/h3-6,13H,7-11H2. The smallest absolute Gasteiger partial charge is 0.119 e. The minimum Gasteiger partial charge on any atom is -0.493 e. The first kappa shape index (κ1) is 12.3. The third-order valence-electron chi connectivity index (χ3n) is 2.66. The van der Waals surface area contributed by atoms with E-state index in [-0.39, 0.29) is 0 Å². The molecule has 0 N–H and O–H groups in total. The van der Waals surface area contributed by atoms with Crippen LogP contribution < -0.4 is 4.74 Å². The summed E-state index contributed by atoms with van der Waals surface area (Å²) < 4.78 is 11.0. The van der Waals surface area contributed by atoms with Crippen molar-refractivity contribution in [2.24, 2.45) is 5.92 Å². The molecule has 0 aliphatic carbocycles. The monoisotopic (exact) mass is 250 g/mol. The molecule has 2 nitrogen and oxygen atoms in total. The predicted octanol–water partition coefficient (Wildman–Crippen LogP) is 2.69. The van der Waals surface area contributed by atoms with E-state index in [0.717, 1.165) is 37.6 Å². The highest BCUT2D eigenvalue weighted by Gasteiger charge is 2.15. The zero-order chi connectivity index (χ0) is 11.9. The van der Waals surface area contributed by atoms with Crippen molar-refractivity contribution in [2.75, 3.05) is 25.7 Å². The second-order valence-corrected chi connectivity index (χ2v) is 4.27. The van der Waals surface area contributed by atoms with Crippen LogP contribution in [0.5, 0.6) is 5.75 Å². The molecular weight excluding hydrogens is 236 g/mol. The number of hydrogen-bond donors (Lipinski definition) is 0. The van der Waals surface area contributed by atoms with Gasteiger partial charge in [0.15, 0.2) is 0 Å². The van der Waals surface area contributed by atoms with Crippen LogP contribution in [0.2, 0.25) is 0 Å². The maximum Gasteiger partial charge on any atom is 0.119 e. The minimum absolute atomic E-state index is 0.361. The highest BCUT2D eigenvalue weighted by atomic mass is 35.5. The zero-order valence-corrected chi connectivity index (χ0v) is 10.4. The van der Waals surface area contributed by atoms with Gasteiger partial charge in [0, 0.05) is 18.1 Å². The summed E-state index contributed by atoms with van der Waals surface area (Å²) in [7, 11) is 0. The van der Waals surface area contributed by atoms with E-state index >= 15 is 0 Å². The van der Waals surface area contributed by atoms with Gasteiger partial charge in [0.2, 0.25) is 0 Å². The third-order valence-corrected chi connectivity index (χ3v) is 2.80. The minimum atomic E-state index is 0.361. The Hall–Kier alpha value is -1.17. The van der Waals surface area contributed by atoms with Gasteiger partial charge in [-0.3, -0.25) is 0 Å². The van der Waals surface area contributed by atoms with Gasteiger partial charge in [-0.25, -0.2) is 0 Å². The number of hydrogen-bond acceptors (Lipinski definition) is 2. The molecule has 0 saturated carbocycles. The average Bonchev–Trinajstić information content (AvgIpc) is 2.88. The van der Waals surface area contributed by atoms with Crippen molar-refractivity contribution in [3.63, 3.8) is 0 Å². The van der Waals surface area contributed by atoms with E-state index in [0.29, 0.717) is 11.8 Å². The molecule has 1 unspecified atom stereocenters. The van der Waals surface area contributed by atoms with Gasteiger partial charge in [-0.15, -0.1) is 11.6 Å². The Bertz CT molecular complexity index is 396. The van der Waals surface area contributed by atoms with Gasteiger partial charge in [-0.1, -0.05) is 11.8 Å². The lowest BCUT2D eigenvalue weighted by atomic mass is 10.1. The molecule has 0 amide bonds. The number of halogens is 1. The van der Waals surface area contributed by atoms with Crippen LogP contribution in [-0.4, -0.2) is 25.7 Å². The zero-order valence-electron chi connectivity index (χ0n) is 9.62. The molecule has 0 aromatic heterocycles. The van der Waals surface area contributed by atoms with Crippen molar-refractivity contribution >= 4 is 11.6 Å². The van der Waals surface area contributed by atoms with E-state index in [4.69, 9.17) is 21.1 Å². The van der Waals surface area contributed by atoms with E-state index in [2.05, 4.69) is 11.8 Å². The largest absolute Gasteiger partial charge is 0.493 e. The van der Waals surface area contributed by atoms with Crippen molar-refractivity contribution < 1.29 is 9.47 Å². The van der Waals surface area contributed by atoms with Gasteiger partial charge < -0.3 is 9.47 Å². The predicted molar refractivity (Wildman–Crippen MR) is 68.5 cm³/mol. The summed E-state index contributed by atoms with van der Waals surface area (Å²) in [6, 6.07) is 7.77. The topological polar surface area (TPSA) is 18.5 Å². The highest BCUT2D eigenvalue weighted by Crippen LogP contribution is 2.16. The van der Waals surface area contributed by atoms with E-state index in [1.165, 1.54) is 0 Å². The summed E-state index contributed by atoms with van der Waals surface area (Å²) in [4.78, 5) is 0. The quantitative estimate of drug-likeness (QED) is 0.607. The van der Waals surface area contributed by atoms with Crippen molar-refractivity contribution in [1.29, 1.82) is 0 Å². The number of rotatable bonds is 3. The first-order valence-electron chi connectivity index (χ1n) is 5.74. The molecule has 1 aromatic rings. The van der Waals surface area contributed by atoms with Gasteiger partial charge in [0.05, 0.1) is 19.1 Å². The molecule has 0 bridgehead atoms. The van der Waals surface area contributed by atoms with E-state index in [1.807, 2.05) is 24.3 Å². The molecule has 1 aromatic carbocycles. The van der Waals surface area contributed by atoms with Gasteiger partial charge in [0.25, 0.3) is 0 Å². The van der Waals surface area contributed by atoms with Gasteiger partial charge in [0.1, 0.15) is 5.75 Å². The summed E-state index contributed by atoms with van der Waals surface area (Å²) in [5.41, 5.74) is 0.960. The SMILES string of the molecule is ClCC#Cc1ccc(OCC2CCOC2)cc1. The fourth-order valence-electron chi connectivity index (χ4n) is 1.70. The molecule has 1 aliphatic rings. The lowest BCUT2D eigenvalue weighted by Gasteiger charge is -2.09. The molecule has 1 fully saturated rings. The molecule has 90 valence electrons. The maximum atomic E-state index is 5.70. The summed E-state index contributed by atoms with van der Waals surface area (Å²) in [6.07, 6.45) is 1.10. The van der Waals surface area contributed by atoms with Crippen LogP contribution in [0, 0.1) is 17.8 Å². The van der Waals surface area contributed by atoms with Crippen molar-refractivity contribution in [1.82, 2.24) is 0 Å². The molecule has 1 heterocycles. The van der Waals surface area contributed by atoms with E-state index < -0.39 is 0 Å². The Labute approximate surface area is 107 Å². The van der Waals surface area contributed by atoms with E-state index in [1.54, 1.807) is 0 Å². The summed E-state index contributed by atoms with van der Waals surface area (Å²) in [5, 5.41) is 0. The van der Waals surface area contributed by atoms with Crippen LogP contribution in [0.1, 0.15) is 12.0 Å². The second kappa shape index (κ2) is 6.54. The highest BCUT2D eigenvalue weighted by molar-refractivity contribution is 6.19. The van der Waals surface area contributed by atoms with Crippen molar-refractivity contribution in [3.05, 3.63) is 29.8 Å². The lowest BCUT2D eigenvalue weighted by Crippen LogP contribution is -2.11. The average molecular weight is 251 g/mol. The molecule has 3 heteroatoms. The molecule has 1 aliphatic heterocycles. The molecule has 17 heavy (non-hydrogen) atoms. The van der Waals surface area contributed by atoms with Gasteiger partial charge >= 0.3 is 0 Å². The Morgan fingerprint density at radius 2 is 2.18 bits per heavy atom. The maximum absolute atomic E-state index is 5.70. The molecule has 0 radical (unpaired) electrons. The van der Waals surface area contributed by atoms with Crippen LogP contribution >= 0.6 is 11.6 Å². The fourth-order valence-corrected chi connectivity index (χ4v) is 1.77. The third kappa shape index (κ3) is 3.96. The van der Waals surface area contributed by atoms with Crippen LogP contribution in [0.4, 0.5) is 0 Å². The Morgan fingerprint density at radius 1 is 1.35 bits per heavy atom. The first-order valence-corrected chi connectivity index (χ1v) is 6.27. The van der Waals surface area contributed by atoms with Crippen LogP contribution in [0.15, 0.2) is 24.3 Å². The lowest BCUT2D eigenvalue weighted by molar-refractivity contribution is 0.167. The van der Waals surface area contributed by atoms with Gasteiger partial charge in [-0.05, 0) is 30.7 Å². The molecule has 2 rings (SSSR count). The second-order valence-electron chi connectivity index (χ2n) is 4.00. The molecule has 1 atom stereocenters. The van der Waals surface area contributed by atoms with Gasteiger partial charge in [-0.2, -0.15) is 0 Å². The number of ether oxygens (including phenoxy) is 2. The number of benzene rings is 1. The van der Waals surface area contributed by atoms with Crippen LogP contribution in [0.25, 0.3) is 0 Å². The molecular formula is C14H15ClO2. The normalized spacial score (nSPS) is 18.5. The molecule has 1 saturated heterocycles. The Morgan fingerprint density at radius 3 is 2.82 bits per heavy atom. The van der Waals surface area contributed by atoms with Crippen LogP contribution in [0.3, 0.4) is 0 Å². The summed E-state index contributed by atoms with van der Waals surface area (Å²) >= 11 is 5.49. The van der Waals surface area contributed by atoms with Crippen LogP contribution in [-0.2, 0) is 4.74 Å². The molecule has 0 spiro atoms. The Balaban J connectivity index is 1.84. The van der Waals surface area contributed by atoms with Crippen molar-refractivity contribution in [2.45, 2.75) is 6.42 Å².